The summed E-state index contributed by atoms with van der Waals surface area (Å²) in [4.78, 5) is 10.7. The van der Waals surface area contributed by atoms with Crippen LogP contribution in [0.15, 0.2) is 36.7 Å². The second-order valence-electron chi connectivity index (χ2n) is 6.10. The Bertz CT molecular complexity index is 662. The van der Waals surface area contributed by atoms with Crippen LogP contribution in [0.4, 0.5) is 10.2 Å². The molecule has 0 amide bonds. The van der Waals surface area contributed by atoms with E-state index in [1.807, 2.05) is 25.2 Å². The van der Waals surface area contributed by atoms with Gasteiger partial charge in [0.15, 0.2) is 0 Å². The van der Waals surface area contributed by atoms with Gasteiger partial charge in [0.05, 0.1) is 6.04 Å². The minimum Gasteiger partial charge on any atom is -0.359 e. The van der Waals surface area contributed by atoms with E-state index in [-0.39, 0.29) is 11.9 Å². The number of hydrazine groups is 1. The first kappa shape index (κ1) is 16.8. The average molecular weight is 330 g/mol. The first-order valence-electron chi connectivity index (χ1n) is 8.13. The highest BCUT2D eigenvalue weighted by Crippen LogP contribution is 2.26. The molecule has 3 rings (SSSR count). The second-order valence-corrected chi connectivity index (χ2v) is 6.10. The van der Waals surface area contributed by atoms with Crippen LogP contribution >= 0.6 is 0 Å². The van der Waals surface area contributed by atoms with Gasteiger partial charge < -0.3 is 10.6 Å². The molecule has 7 heteroatoms. The predicted molar refractivity (Wildman–Crippen MR) is 91.8 cm³/mol. The van der Waals surface area contributed by atoms with E-state index in [2.05, 4.69) is 25.7 Å². The Morgan fingerprint density at radius 1 is 1.29 bits per heavy atom. The highest BCUT2D eigenvalue weighted by atomic mass is 19.1. The van der Waals surface area contributed by atoms with Crippen LogP contribution in [-0.2, 0) is 6.42 Å². The van der Waals surface area contributed by atoms with Gasteiger partial charge in [0, 0.05) is 44.2 Å². The van der Waals surface area contributed by atoms with Gasteiger partial charge in [-0.15, -0.1) is 0 Å². The maximum absolute atomic E-state index is 13.1. The molecule has 0 aliphatic carbocycles. The number of nitrogens with two attached hydrogens (primary N) is 1. The van der Waals surface area contributed by atoms with Crippen LogP contribution < -0.4 is 21.5 Å². The molecule has 24 heavy (non-hydrogen) atoms. The normalized spacial score (nSPS) is 20.3. The fourth-order valence-electron chi connectivity index (χ4n) is 3.06. The van der Waals surface area contributed by atoms with E-state index in [1.165, 1.54) is 12.1 Å². The summed E-state index contributed by atoms with van der Waals surface area (Å²) in [5.41, 5.74) is 14.1. The lowest BCUT2D eigenvalue weighted by Crippen LogP contribution is -2.31. The summed E-state index contributed by atoms with van der Waals surface area (Å²) in [6.45, 7) is 2.23. The largest absolute Gasteiger partial charge is 0.359 e. The second kappa shape index (κ2) is 7.65. The van der Waals surface area contributed by atoms with Gasteiger partial charge in [-0.1, -0.05) is 12.1 Å². The molecule has 2 aromatic rings. The van der Waals surface area contributed by atoms with Crippen LogP contribution in [0.3, 0.4) is 0 Å². The Kier molecular flexibility index (Phi) is 5.34. The van der Waals surface area contributed by atoms with Gasteiger partial charge in [-0.05, 0) is 24.2 Å². The smallest absolute Gasteiger partial charge is 0.131 e. The van der Waals surface area contributed by atoms with Gasteiger partial charge in [-0.3, -0.25) is 5.43 Å². The van der Waals surface area contributed by atoms with E-state index in [0.717, 1.165) is 36.6 Å². The SMILES string of the molecule is CN(CC1CNNC1c1ccc(F)cc1)c1cc(CCN)ncn1. The van der Waals surface area contributed by atoms with Crippen molar-refractivity contribution < 1.29 is 4.39 Å². The van der Waals surface area contributed by atoms with Gasteiger partial charge in [0.25, 0.3) is 0 Å². The van der Waals surface area contributed by atoms with Crippen molar-refractivity contribution in [3.8, 4) is 0 Å². The highest BCUT2D eigenvalue weighted by Gasteiger charge is 2.29. The number of anilines is 1. The van der Waals surface area contributed by atoms with Crippen molar-refractivity contribution in [1.82, 2.24) is 20.8 Å². The van der Waals surface area contributed by atoms with Crippen molar-refractivity contribution in [1.29, 1.82) is 0 Å². The van der Waals surface area contributed by atoms with E-state index in [1.54, 1.807) is 6.33 Å². The van der Waals surface area contributed by atoms with E-state index in [0.29, 0.717) is 12.5 Å². The number of aromatic nitrogens is 2. The Morgan fingerprint density at radius 2 is 2.08 bits per heavy atom. The molecule has 1 aromatic carbocycles. The molecule has 1 saturated heterocycles. The van der Waals surface area contributed by atoms with Gasteiger partial charge in [-0.25, -0.2) is 19.8 Å². The topological polar surface area (TPSA) is 79.1 Å². The molecule has 4 N–H and O–H groups in total. The molecule has 1 aliphatic heterocycles. The third-order valence-corrected chi connectivity index (χ3v) is 4.33. The van der Waals surface area contributed by atoms with Crippen LogP contribution in [0.2, 0.25) is 0 Å². The molecule has 1 fully saturated rings. The standard InChI is InChI=1S/C17H23FN6/c1-24(16-8-15(6-7-19)20-11-21-16)10-13-9-22-23-17(13)12-2-4-14(18)5-3-12/h2-5,8,11,13,17,22-23H,6-7,9-10,19H2,1H3. The quantitative estimate of drug-likeness (QED) is 0.734. The molecule has 1 aliphatic rings. The molecule has 0 saturated carbocycles. The fourth-order valence-corrected chi connectivity index (χ4v) is 3.06. The summed E-state index contributed by atoms with van der Waals surface area (Å²) in [6, 6.07) is 8.78. The zero-order valence-electron chi connectivity index (χ0n) is 13.7. The van der Waals surface area contributed by atoms with Crippen LogP contribution in [0, 0.1) is 11.7 Å². The van der Waals surface area contributed by atoms with Crippen molar-refractivity contribution in [2.75, 3.05) is 31.6 Å². The van der Waals surface area contributed by atoms with Crippen LogP contribution in [0.5, 0.6) is 0 Å². The average Bonchev–Trinajstić information content (AvgIpc) is 3.04. The van der Waals surface area contributed by atoms with Crippen molar-refractivity contribution in [3.05, 3.63) is 53.7 Å². The highest BCUT2D eigenvalue weighted by molar-refractivity contribution is 5.38. The Labute approximate surface area is 141 Å². The van der Waals surface area contributed by atoms with E-state index in [9.17, 15) is 4.39 Å². The molecule has 0 radical (unpaired) electrons. The minimum atomic E-state index is -0.216. The Balaban J connectivity index is 1.69. The number of nitrogens with zero attached hydrogens (tertiary/aromatic N) is 3. The summed E-state index contributed by atoms with van der Waals surface area (Å²) < 4.78 is 13.1. The number of halogens is 1. The van der Waals surface area contributed by atoms with Crippen molar-refractivity contribution >= 4 is 5.82 Å². The third-order valence-electron chi connectivity index (χ3n) is 4.33. The summed E-state index contributed by atoms with van der Waals surface area (Å²) in [6.07, 6.45) is 2.33. The maximum Gasteiger partial charge on any atom is 0.131 e. The van der Waals surface area contributed by atoms with Crippen molar-refractivity contribution in [2.45, 2.75) is 12.5 Å². The third kappa shape index (κ3) is 3.87. The Hall–Kier alpha value is -2.09. The predicted octanol–water partition coefficient (Wildman–Crippen LogP) is 1.02. The maximum atomic E-state index is 13.1. The van der Waals surface area contributed by atoms with Crippen LogP contribution in [-0.4, -0.2) is 36.6 Å². The molecule has 128 valence electrons. The number of rotatable bonds is 6. The lowest BCUT2D eigenvalue weighted by molar-refractivity contribution is 0.474. The van der Waals surface area contributed by atoms with Crippen LogP contribution in [0.25, 0.3) is 0 Å². The fraction of sp³-hybridized carbons (Fsp3) is 0.412. The number of hydrogen-bond acceptors (Lipinski definition) is 6. The monoisotopic (exact) mass is 330 g/mol. The van der Waals surface area contributed by atoms with E-state index < -0.39 is 0 Å². The minimum absolute atomic E-state index is 0.137. The molecule has 6 nitrogen and oxygen atoms in total. The zero-order chi connectivity index (χ0) is 16.9. The van der Waals surface area contributed by atoms with Gasteiger partial charge >= 0.3 is 0 Å². The number of hydrogen-bond donors (Lipinski definition) is 3. The number of nitrogens with one attached hydrogen (secondary N) is 2. The van der Waals surface area contributed by atoms with Gasteiger partial charge in [-0.2, -0.15) is 0 Å². The summed E-state index contributed by atoms with van der Waals surface area (Å²) >= 11 is 0. The van der Waals surface area contributed by atoms with Gasteiger partial charge in [0.1, 0.15) is 18.0 Å². The molecule has 1 aromatic heterocycles. The molecule has 2 unspecified atom stereocenters. The van der Waals surface area contributed by atoms with Crippen molar-refractivity contribution in [2.24, 2.45) is 11.7 Å². The van der Waals surface area contributed by atoms with Crippen LogP contribution in [0.1, 0.15) is 17.3 Å². The molecular formula is C17H23FN6. The molecular weight excluding hydrogens is 307 g/mol. The summed E-state index contributed by atoms with van der Waals surface area (Å²) in [5.74, 6) is 1.01. The summed E-state index contributed by atoms with van der Waals surface area (Å²) in [7, 11) is 2.02. The van der Waals surface area contributed by atoms with E-state index >= 15 is 0 Å². The summed E-state index contributed by atoms with van der Waals surface area (Å²) in [5, 5.41) is 0. The molecule has 2 atom stereocenters. The van der Waals surface area contributed by atoms with E-state index in [4.69, 9.17) is 5.73 Å². The van der Waals surface area contributed by atoms with Gasteiger partial charge in [0.2, 0.25) is 0 Å². The lowest BCUT2D eigenvalue weighted by Gasteiger charge is -2.25. The Morgan fingerprint density at radius 3 is 2.83 bits per heavy atom. The number of benzene rings is 1. The molecule has 0 spiro atoms. The first-order valence-corrected chi connectivity index (χ1v) is 8.13. The molecule has 2 heterocycles. The zero-order valence-corrected chi connectivity index (χ0v) is 13.7. The lowest BCUT2D eigenvalue weighted by atomic mass is 9.94. The molecule has 0 bridgehead atoms. The first-order chi connectivity index (χ1) is 11.7. The van der Waals surface area contributed by atoms with Crippen molar-refractivity contribution in [3.63, 3.8) is 0 Å².